The van der Waals surface area contributed by atoms with E-state index in [1.165, 1.54) is 11.1 Å². The van der Waals surface area contributed by atoms with E-state index in [4.69, 9.17) is 9.52 Å². The molecule has 7 heteroatoms. The molecule has 0 saturated heterocycles. The zero-order valence-electron chi connectivity index (χ0n) is 17.7. The number of rotatable bonds is 9. The second-order valence-electron chi connectivity index (χ2n) is 6.84. The maximum absolute atomic E-state index is 5.44. The number of aliphatic imine (C=N–C) groups is 1. The van der Waals surface area contributed by atoms with E-state index in [1.807, 2.05) is 0 Å². The summed E-state index contributed by atoms with van der Waals surface area (Å²) in [5.74, 6) is 1.76. The lowest BCUT2D eigenvalue weighted by Gasteiger charge is -2.12. The Balaban J connectivity index is 0.00000392. The van der Waals surface area contributed by atoms with E-state index in [2.05, 4.69) is 79.8 Å². The summed E-state index contributed by atoms with van der Waals surface area (Å²) in [6.45, 7) is 9.33. The predicted molar refractivity (Wildman–Crippen MR) is 126 cm³/mol. The second-order valence-corrected chi connectivity index (χ2v) is 6.84. The van der Waals surface area contributed by atoms with Crippen molar-refractivity contribution in [1.29, 1.82) is 0 Å². The van der Waals surface area contributed by atoms with Gasteiger partial charge >= 0.3 is 0 Å². The fraction of sp³-hybridized carbons (Fsp3) is 0.524. The number of halogens is 1. The maximum Gasteiger partial charge on any atom is 0.191 e. The van der Waals surface area contributed by atoms with Crippen molar-refractivity contribution in [2.24, 2.45) is 4.99 Å². The van der Waals surface area contributed by atoms with Gasteiger partial charge < -0.3 is 20.1 Å². The highest BCUT2D eigenvalue weighted by molar-refractivity contribution is 14.0. The van der Waals surface area contributed by atoms with Crippen LogP contribution in [0.2, 0.25) is 0 Å². The SMILES string of the molecule is CCNC(=NCc1ccc(CN(C)C)cc1)NCc1c(CC)noc1CC.I. The molecule has 28 heavy (non-hydrogen) atoms. The molecule has 2 N–H and O–H groups in total. The van der Waals surface area contributed by atoms with Gasteiger partial charge in [-0.15, -0.1) is 24.0 Å². The van der Waals surface area contributed by atoms with Gasteiger partial charge in [0.25, 0.3) is 0 Å². The zero-order valence-corrected chi connectivity index (χ0v) is 20.0. The Morgan fingerprint density at radius 3 is 2.29 bits per heavy atom. The van der Waals surface area contributed by atoms with Gasteiger partial charge in [-0.2, -0.15) is 0 Å². The first kappa shape index (κ1) is 24.4. The van der Waals surface area contributed by atoms with Gasteiger partial charge in [-0.1, -0.05) is 43.3 Å². The van der Waals surface area contributed by atoms with Gasteiger partial charge in [0, 0.05) is 31.6 Å². The first-order valence-corrected chi connectivity index (χ1v) is 9.78. The molecule has 0 saturated carbocycles. The molecule has 0 spiro atoms. The van der Waals surface area contributed by atoms with E-state index in [0.717, 1.165) is 48.9 Å². The second kappa shape index (κ2) is 12.8. The van der Waals surface area contributed by atoms with Crippen molar-refractivity contribution in [3.05, 3.63) is 52.4 Å². The minimum atomic E-state index is 0. The number of guanidine groups is 1. The van der Waals surface area contributed by atoms with Crippen LogP contribution in [0.15, 0.2) is 33.8 Å². The van der Waals surface area contributed by atoms with Crippen LogP contribution in [-0.4, -0.2) is 36.7 Å². The van der Waals surface area contributed by atoms with Crippen LogP contribution in [0.4, 0.5) is 0 Å². The van der Waals surface area contributed by atoms with Gasteiger partial charge in [0.05, 0.1) is 12.2 Å². The third-order valence-corrected chi connectivity index (χ3v) is 4.33. The molecule has 0 unspecified atom stereocenters. The Bertz CT molecular complexity index is 703. The van der Waals surface area contributed by atoms with Crippen molar-refractivity contribution in [2.45, 2.75) is 53.2 Å². The average Bonchev–Trinajstić information content (AvgIpc) is 3.06. The van der Waals surface area contributed by atoms with Crippen LogP contribution in [0.3, 0.4) is 0 Å². The lowest BCUT2D eigenvalue weighted by Crippen LogP contribution is -2.37. The minimum Gasteiger partial charge on any atom is -0.361 e. The topological polar surface area (TPSA) is 65.7 Å². The van der Waals surface area contributed by atoms with Crippen molar-refractivity contribution >= 4 is 29.9 Å². The van der Waals surface area contributed by atoms with E-state index >= 15 is 0 Å². The number of nitrogens with one attached hydrogen (secondary N) is 2. The van der Waals surface area contributed by atoms with Crippen LogP contribution >= 0.6 is 24.0 Å². The van der Waals surface area contributed by atoms with Crippen molar-refractivity contribution in [2.75, 3.05) is 20.6 Å². The Morgan fingerprint density at radius 1 is 1.04 bits per heavy atom. The summed E-state index contributed by atoms with van der Waals surface area (Å²) in [7, 11) is 4.16. The fourth-order valence-corrected chi connectivity index (χ4v) is 2.94. The number of hydrogen-bond donors (Lipinski definition) is 2. The molecule has 0 aliphatic carbocycles. The minimum absolute atomic E-state index is 0. The van der Waals surface area contributed by atoms with Gasteiger partial charge in [-0.3, -0.25) is 0 Å². The molecule has 0 atom stereocenters. The molecule has 6 nitrogen and oxygen atoms in total. The summed E-state index contributed by atoms with van der Waals surface area (Å²) in [5.41, 5.74) is 4.68. The van der Waals surface area contributed by atoms with Crippen LogP contribution in [0.5, 0.6) is 0 Å². The molecule has 0 radical (unpaired) electrons. The molecule has 0 amide bonds. The average molecular weight is 499 g/mol. The molecule has 0 fully saturated rings. The third-order valence-electron chi connectivity index (χ3n) is 4.33. The van der Waals surface area contributed by atoms with Crippen LogP contribution in [-0.2, 0) is 32.5 Å². The molecule has 0 aliphatic rings. The monoisotopic (exact) mass is 499 g/mol. The first-order valence-electron chi connectivity index (χ1n) is 9.78. The smallest absolute Gasteiger partial charge is 0.191 e. The van der Waals surface area contributed by atoms with Gasteiger partial charge in [-0.25, -0.2) is 4.99 Å². The molecule has 1 aromatic heterocycles. The Labute approximate surface area is 186 Å². The fourth-order valence-electron chi connectivity index (χ4n) is 2.94. The molecule has 0 aliphatic heterocycles. The lowest BCUT2D eigenvalue weighted by atomic mass is 10.1. The van der Waals surface area contributed by atoms with Crippen LogP contribution < -0.4 is 10.6 Å². The van der Waals surface area contributed by atoms with E-state index in [-0.39, 0.29) is 24.0 Å². The molecule has 2 aromatic rings. The first-order chi connectivity index (χ1) is 13.1. The number of hydrogen-bond acceptors (Lipinski definition) is 4. The number of aromatic nitrogens is 1. The Morgan fingerprint density at radius 2 is 1.71 bits per heavy atom. The number of benzene rings is 1. The highest BCUT2D eigenvalue weighted by Gasteiger charge is 2.13. The van der Waals surface area contributed by atoms with Crippen molar-refractivity contribution in [3.63, 3.8) is 0 Å². The van der Waals surface area contributed by atoms with Gasteiger partial charge in [-0.05, 0) is 38.6 Å². The third kappa shape index (κ3) is 7.43. The number of aryl methyl sites for hydroxylation is 2. The molecular weight excluding hydrogens is 465 g/mol. The normalized spacial score (nSPS) is 11.4. The van der Waals surface area contributed by atoms with Crippen molar-refractivity contribution in [1.82, 2.24) is 20.7 Å². The van der Waals surface area contributed by atoms with Gasteiger partial charge in [0.15, 0.2) is 5.96 Å². The van der Waals surface area contributed by atoms with Crippen molar-refractivity contribution < 1.29 is 4.52 Å². The zero-order chi connectivity index (χ0) is 19.6. The highest BCUT2D eigenvalue weighted by atomic mass is 127. The molecule has 0 bridgehead atoms. The van der Waals surface area contributed by atoms with Gasteiger partial charge in [0.2, 0.25) is 0 Å². The summed E-state index contributed by atoms with van der Waals surface area (Å²) in [6, 6.07) is 8.64. The molecule has 1 aromatic carbocycles. The van der Waals surface area contributed by atoms with E-state index in [1.54, 1.807) is 0 Å². The maximum atomic E-state index is 5.44. The van der Waals surface area contributed by atoms with Crippen LogP contribution in [0.1, 0.15) is 48.9 Å². The van der Waals surface area contributed by atoms with E-state index in [9.17, 15) is 0 Å². The largest absolute Gasteiger partial charge is 0.361 e. The summed E-state index contributed by atoms with van der Waals surface area (Å²) in [4.78, 5) is 6.88. The summed E-state index contributed by atoms with van der Waals surface area (Å²) >= 11 is 0. The predicted octanol–water partition coefficient (Wildman–Crippen LogP) is 3.73. The molecule has 2 rings (SSSR count). The Hall–Kier alpha value is -1.61. The molecule has 1 heterocycles. The summed E-state index contributed by atoms with van der Waals surface area (Å²) in [5, 5.41) is 10.9. The molecular formula is C21H34IN5O. The van der Waals surface area contributed by atoms with E-state index < -0.39 is 0 Å². The molecule has 156 valence electrons. The highest BCUT2D eigenvalue weighted by Crippen LogP contribution is 2.15. The number of nitrogens with zero attached hydrogens (tertiary/aromatic N) is 3. The van der Waals surface area contributed by atoms with Crippen LogP contribution in [0, 0.1) is 0 Å². The Kier molecular flexibility index (Phi) is 11.1. The lowest BCUT2D eigenvalue weighted by molar-refractivity contribution is 0.380. The standard InChI is InChI=1S/C21H33N5O.HI/c1-6-19-18(20(7-2)27-25-19)14-24-21(22-8-3)23-13-16-9-11-17(12-10-16)15-26(4)5;/h9-12H,6-8,13-15H2,1-5H3,(H2,22,23,24);1H. The van der Waals surface area contributed by atoms with Crippen molar-refractivity contribution in [3.8, 4) is 0 Å². The van der Waals surface area contributed by atoms with E-state index in [0.29, 0.717) is 13.1 Å². The summed E-state index contributed by atoms with van der Waals surface area (Å²) in [6.07, 6.45) is 1.71. The van der Waals surface area contributed by atoms with Gasteiger partial charge in [0.1, 0.15) is 5.76 Å². The van der Waals surface area contributed by atoms with Crippen LogP contribution in [0.25, 0.3) is 0 Å². The summed E-state index contributed by atoms with van der Waals surface area (Å²) < 4.78 is 5.44. The quantitative estimate of drug-likeness (QED) is 0.313.